The van der Waals surface area contributed by atoms with Crippen molar-refractivity contribution in [2.45, 2.75) is 71.6 Å². The third-order valence-corrected chi connectivity index (χ3v) is 6.06. The zero-order valence-electron chi connectivity index (χ0n) is 18.1. The van der Waals surface area contributed by atoms with Crippen LogP contribution in [0.25, 0.3) is 11.0 Å². The first-order valence-electron chi connectivity index (χ1n) is 11.0. The van der Waals surface area contributed by atoms with Gasteiger partial charge < -0.3 is 5.32 Å². The molecule has 1 aromatic carbocycles. The van der Waals surface area contributed by atoms with Gasteiger partial charge in [0.2, 0.25) is 5.91 Å². The quantitative estimate of drug-likeness (QED) is 0.629. The molecule has 164 valence electrons. The van der Waals surface area contributed by atoms with Gasteiger partial charge in [0, 0.05) is 19.1 Å². The minimum atomic E-state index is -0.464. The van der Waals surface area contributed by atoms with Gasteiger partial charge in [0.1, 0.15) is 12.1 Å². The van der Waals surface area contributed by atoms with Crippen LogP contribution in [0, 0.1) is 6.92 Å². The minimum Gasteiger partial charge on any atom is -0.352 e. The average molecular weight is 424 g/mol. The van der Waals surface area contributed by atoms with Gasteiger partial charge in [-0.1, -0.05) is 43.2 Å². The molecule has 0 spiro atoms. The summed E-state index contributed by atoms with van der Waals surface area (Å²) >= 11 is 0. The van der Waals surface area contributed by atoms with Crippen molar-refractivity contribution in [3.63, 3.8) is 0 Å². The molecule has 0 unspecified atom stereocenters. The average Bonchev–Trinajstić information content (AvgIpc) is 3.39. The molecule has 8 heteroatoms. The summed E-state index contributed by atoms with van der Waals surface area (Å²) in [5.41, 5.74) is 1.63. The molecule has 4 rings (SSSR count). The summed E-state index contributed by atoms with van der Waals surface area (Å²) in [5.74, 6) is -0.202. The number of carbonyl (C=O) groups is 1. The molecular formula is C23H29N5O3. The largest absolute Gasteiger partial charge is 0.352 e. The van der Waals surface area contributed by atoms with Crippen LogP contribution in [0.3, 0.4) is 0 Å². The van der Waals surface area contributed by atoms with Gasteiger partial charge in [-0.3, -0.25) is 23.4 Å². The first-order chi connectivity index (χ1) is 15.0. The Bertz CT molecular complexity index is 1200. The van der Waals surface area contributed by atoms with E-state index in [-0.39, 0.29) is 30.6 Å². The smallest absolute Gasteiger partial charge is 0.332 e. The van der Waals surface area contributed by atoms with Gasteiger partial charge >= 0.3 is 5.69 Å². The van der Waals surface area contributed by atoms with Crippen LogP contribution in [-0.2, 0) is 30.8 Å². The third kappa shape index (κ3) is 4.19. The van der Waals surface area contributed by atoms with Crippen LogP contribution < -0.4 is 16.6 Å². The molecule has 1 saturated carbocycles. The van der Waals surface area contributed by atoms with Gasteiger partial charge in [-0.05, 0) is 38.7 Å². The fourth-order valence-corrected chi connectivity index (χ4v) is 4.51. The Labute approximate surface area is 180 Å². The van der Waals surface area contributed by atoms with E-state index in [9.17, 15) is 14.4 Å². The van der Waals surface area contributed by atoms with Crippen LogP contribution in [0.5, 0.6) is 0 Å². The van der Waals surface area contributed by atoms with Gasteiger partial charge in [-0.2, -0.15) is 5.10 Å². The van der Waals surface area contributed by atoms with Crippen molar-refractivity contribution in [2.24, 2.45) is 0 Å². The van der Waals surface area contributed by atoms with Crippen molar-refractivity contribution in [1.29, 1.82) is 0 Å². The lowest BCUT2D eigenvalue weighted by Gasteiger charge is -2.15. The van der Waals surface area contributed by atoms with E-state index in [0.29, 0.717) is 29.7 Å². The number of aryl methyl sites for hydroxylation is 3. The summed E-state index contributed by atoms with van der Waals surface area (Å²) in [7, 11) is 0. The highest BCUT2D eigenvalue weighted by Crippen LogP contribution is 2.18. The summed E-state index contributed by atoms with van der Waals surface area (Å²) < 4.78 is 4.28. The van der Waals surface area contributed by atoms with E-state index in [1.165, 1.54) is 9.13 Å². The zero-order chi connectivity index (χ0) is 22.0. The van der Waals surface area contributed by atoms with E-state index in [2.05, 4.69) is 10.4 Å². The minimum absolute atomic E-state index is 0.117. The maximum atomic E-state index is 13.4. The number of benzene rings is 1. The molecule has 1 fully saturated rings. The number of carbonyl (C=O) groups excluding carboxylic acids is 1. The molecule has 1 amide bonds. The SMILES string of the molecule is CCn1nc(C)c2c1c(=O)n(CCc1ccccc1)c(=O)n2CC(=O)NC1CCCC1. The first-order valence-corrected chi connectivity index (χ1v) is 11.0. The highest BCUT2D eigenvalue weighted by atomic mass is 16.2. The van der Waals surface area contributed by atoms with Gasteiger partial charge in [0.05, 0.1) is 5.69 Å². The number of hydrogen-bond donors (Lipinski definition) is 1. The number of amides is 1. The molecule has 0 atom stereocenters. The Morgan fingerprint density at radius 1 is 1.10 bits per heavy atom. The lowest BCUT2D eigenvalue weighted by molar-refractivity contribution is -0.122. The Kier molecular flexibility index (Phi) is 6.06. The van der Waals surface area contributed by atoms with Crippen LogP contribution in [0.2, 0.25) is 0 Å². The standard InChI is InChI=1S/C23H29N5O3/c1-3-28-21-20(16(2)25-28)27(15-19(29)24-18-11-7-8-12-18)23(31)26(22(21)30)14-13-17-9-5-4-6-10-17/h4-6,9-10,18H,3,7-8,11-15H2,1-2H3,(H,24,29). The molecule has 0 bridgehead atoms. The highest BCUT2D eigenvalue weighted by molar-refractivity contribution is 5.81. The fourth-order valence-electron chi connectivity index (χ4n) is 4.51. The number of nitrogens with one attached hydrogen (secondary N) is 1. The molecular weight excluding hydrogens is 394 g/mol. The summed E-state index contributed by atoms with van der Waals surface area (Å²) in [6, 6.07) is 9.91. The van der Waals surface area contributed by atoms with Gasteiger partial charge in [-0.15, -0.1) is 0 Å². The molecule has 8 nitrogen and oxygen atoms in total. The molecule has 1 aliphatic rings. The molecule has 0 aliphatic heterocycles. The number of aromatic nitrogens is 4. The molecule has 1 aliphatic carbocycles. The van der Waals surface area contributed by atoms with E-state index in [0.717, 1.165) is 31.2 Å². The summed E-state index contributed by atoms with van der Waals surface area (Å²) in [4.78, 5) is 39.4. The van der Waals surface area contributed by atoms with E-state index >= 15 is 0 Å². The molecule has 1 N–H and O–H groups in total. The highest BCUT2D eigenvalue weighted by Gasteiger charge is 2.23. The molecule has 0 radical (unpaired) electrons. The number of nitrogens with zero attached hydrogens (tertiary/aromatic N) is 4. The maximum Gasteiger partial charge on any atom is 0.332 e. The number of hydrogen-bond acceptors (Lipinski definition) is 4. The monoisotopic (exact) mass is 423 g/mol. The molecule has 2 aromatic heterocycles. The van der Waals surface area contributed by atoms with Gasteiger partial charge in [-0.25, -0.2) is 4.79 Å². The van der Waals surface area contributed by atoms with E-state index in [1.807, 2.05) is 37.3 Å². The zero-order valence-corrected chi connectivity index (χ0v) is 18.1. The fraction of sp³-hybridized carbons (Fsp3) is 0.478. The Hall–Kier alpha value is -3.16. The topological polar surface area (TPSA) is 90.9 Å². The van der Waals surface area contributed by atoms with E-state index < -0.39 is 5.69 Å². The lowest BCUT2D eigenvalue weighted by Crippen LogP contribution is -2.44. The van der Waals surface area contributed by atoms with Crippen LogP contribution in [0.15, 0.2) is 39.9 Å². The van der Waals surface area contributed by atoms with E-state index in [4.69, 9.17) is 0 Å². The summed E-state index contributed by atoms with van der Waals surface area (Å²) in [6.07, 6.45) is 4.72. The Morgan fingerprint density at radius 2 is 1.81 bits per heavy atom. The second kappa shape index (κ2) is 8.91. The Balaban J connectivity index is 1.75. The predicted octanol–water partition coefficient (Wildman–Crippen LogP) is 1.99. The van der Waals surface area contributed by atoms with Crippen LogP contribution >= 0.6 is 0 Å². The Morgan fingerprint density at radius 3 is 2.48 bits per heavy atom. The van der Waals surface area contributed by atoms with Crippen molar-refractivity contribution in [2.75, 3.05) is 0 Å². The van der Waals surface area contributed by atoms with Gasteiger partial charge in [0.25, 0.3) is 5.56 Å². The van der Waals surface area contributed by atoms with Gasteiger partial charge in [0.15, 0.2) is 5.52 Å². The third-order valence-electron chi connectivity index (χ3n) is 6.06. The van der Waals surface area contributed by atoms with Crippen molar-refractivity contribution in [3.05, 3.63) is 62.4 Å². The normalized spacial score (nSPS) is 14.4. The van der Waals surface area contributed by atoms with E-state index in [1.54, 1.807) is 11.6 Å². The van der Waals surface area contributed by atoms with Crippen molar-refractivity contribution in [3.8, 4) is 0 Å². The van der Waals surface area contributed by atoms with Crippen molar-refractivity contribution >= 4 is 16.9 Å². The second-order valence-corrected chi connectivity index (χ2v) is 8.21. The van der Waals surface area contributed by atoms with Crippen LogP contribution in [0.1, 0.15) is 43.9 Å². The number of fused-ring (bicyclic) bond motifs is 1. The molecule has 3 aromatic rings. The first kappa shape index (κ1) is 21.1. The predicted molar refractivity (Wildman–Crippen MR) is 119 cm³/mol. The second-order valence-electron chi connectivity index (χ2n) is 8.21. The molecule has 31 heavy (non-hydrogen) atoms. The molecule has 2 heterocycles. The van der Waals surface area contributed by atoms with Crippen molar-refractivity contribution in [1.82, 2.24) is 24.2 Å². The molecule has 0 saturated heterocycles. The number of rotatable bonds is 7. The van der Waals surface area contributed by atoms with Crippen molar-refractivity contribution < 1.29 is 4.79 Å². The maximum absolute atomic E-state index is 13.4. The van der Waals surface area contributed by atoms with Crippen LogP contribution in [-0.4, -0.2) is 30.9 Å². The van der Waals surface area contributed by atoms with Crippen LogP contribution in [0.4, 0.5) is 0 Å². The lowest BCUT2D eigenvalue weighted by atomic mass is 10.1. The summed E-state index contributed by atoms with van der Waals surface area (Å²) in [5, 5.41) is 7.49. The summed E-state index contributed by atoms with van der Waals surface area (Å²) in [6.45, 7) is 4.31.